The highest BCUT2D eigenvalue weighted by atomic mass is 32.1. The van der Waals surface area contributed by atoms with E-state index in [1.54, 1.807) is 11.7 Å². The summed E-state index contributed by atoms with van der Waals surface area (Å²) in [5.41, 5.74) is 2.05. The minimum atomic E-state index is -0.163. The largest absolute Gasteiger partial charge is 0.497 e. The van der Waals surface area contributed by atoms with Crippen molar-refractivity contribution in [3.63, 3.8) is 0 Å². The summed E-state index contributed by atoms with van der Waals surface area (Å²) >= 11 is 5.27. The number of amides is 1. The molecule has 0 saturated carbocycles. The fraction of sp³-hybridized carbons (Fsp3) is 0.250. The third kappa shape index (κ3) is 4.98. The van der Waals surface area contributed by atoms with Crippen LogP contribution in [0.5, 0.6) is 11.5 Å². The molecule has 7 nitrogen and oxygen atoms in total. The van der Waals surface area contributed by atoms with Crippen molar-refractivity contribution < 1.29 is 14.3 Å². The maximum absolute atomic E-state index is 12.3. The molecular formula is C20H22N4O3S. The van der Waals surface area contributed by atoms with Crippen LogP contribution < -0.4 is 14.8 Å². The number of rotatable bonds is 8. The normalized spacial score (nSPS) is 10.5. The Morgan fingerprint density at radius 1 is 1.14 bits per heavy atom. The first-order valence-electron chi connectivity index (χ1n) is 8.82. The van der Waals surface area contributed by atoms with Crippen LogP contribution in [-0.2, 0) is 11.3 Å². The Balaban J connectivity index is 1.53. The molecule has 0 aliphatic heterocycles. The lowest BCUT2D eigenvalue weighted by molar-refractivity contribution is -0.121. The molecule has 0 fully saturated rings. The summed E-state index contributed by atoms with van der Waals surface area (Å²) in [5.74, 6) is 1.95. The molecule has 3 rings (SSSR count). The highest BCUT2D eigenvalue weighted by molar-refractivity contribution is 7.71. The Kier molecular flexibility index (Phi) is 6.44. The summed E-state index contributed by atoms with van der Waals surface area (Å²) in [6, 6.07) is 15.2. The van der Waals surface area contributed by atoms with Crippen molar-refractivity contribution in [3.8, 4) is 22.9 Å². The second kappa shape index (κ2) is 9.18. The molecule has 2 N–H and O–H groups in total. The van der Waals surface area contributed by atoms with Crippen molar-refractivity contribution in [2.24, 2.45) is 0 Å². The Hall–Kier alpha value is -3.13. The van der Waals surface area contributed by atoms with Crippen LogP contribution in [-0.4, -0.2) is 40.9 Å². The van der Waals surface area contributed by atoms with E-state index >= 15 is 0 Å². The predicted octanol–water partition coefficient (Wildman–Crippen LogP) is 3.12. The van der Waals surface area contributed by atoms with Gasteiger partial charge in [-0.1, -0.05) is 29.8 Å². The second-order valence-corrected chi connectivity index (χ2v) is 6.57. The van der Waals surface area contributed by atoms with Crippen LogP contribution in [0.1, 0.15) is 5.56 Å². The molecule has 0 spiro atoms. The lowest BCUT2D eigenvalue weighted by atomic mass is 10.1. The molecule has 0 aliphatic rings. The van der Waals surface area contributed by atoms with Crippen molar-refractivity contribution in [3.05, 3.63) is 58.9 Å². The number of benzene rings is 2. The van der Waals surface area contributed by atoms with Gasteiger partial charge >= 0.3 is 0 Å². The molecule has 1 heterocycles. The van der Waals surface area contributed by atoms with Crippen LogP contribution in [0.2, 0.25) is 0 Å². The fourth-order valence-electron chi connectivity index (χ4n) is 2.62. The molecule has 3 aromatic rings. The Morgan fingerprint density at radius 3 is 2.50 bits per heavy atom. The number of aromatic nitrogens is 3. The number of nitrogens with zero attached hydrogens (tertiary/aromatic N) is 2. The van der Waals surface area contributed by atoms with Crippen LogP contribution >= 0.6 is 12.2 Å². The SMILES string of the molecule is COc1ccc(OCCNC(=O)Cn2c(-c3ccc(C)cc3)n[nH]c2=S)cc1. The quantitative estimate of drug-likeness (QED) is 0.450. The molecule has 1 amide bonds. The van der Waals surface area contributed by atoms with E-state index in [0.29, 0.717) is 29.5 Å². The van der Waals surface area contributed by atoms with Crippen molar-refractivity contribution in [2.45, 2.75) is 13.5 Å². The number of hydrogen-bond donors (Lipinski definition) is 2. The molecule has 8 heteroatoms. The Bertz CT molecular complexity index is 978. The van der Waals surface area contributed by atoms with Gasteiger partial charge in [0.15, 0.2) is 10.6 Å². The smallest absolute Gasteiger partial charge is 0.240 e. The van der Waals surface area contributed by atoms with Crippen molar-refractivity contribution in [2.75, 3.05) is 20.3 Å². The number of aromatic amines is 1. The van der Waals surface area contributed by atoms with Gasteiger partial charge in [0.2, 0.25) is 5.91 Å². The zero-order valence-corrected chi connectivity index (χ0v) is 16.6. The van der Waals surface area contributed by atoms with Crippen LogP contribution in [0.3, 0.4) is 0 Å². The summed E-state index contributed by atoms with van der Waals surface area (Å²) in [7, 11) is 1.61. The summed E-state index contributed by atoms with van der Waals surface area (Å²) < 4.78 is 12.8. The predicted molar refractivity (Wildman–Crippen MR) is 109 cm³/mol. The van der Waals surface area contributed by atoms with Gasteiger partial charge < -0.3 is 14.8 Å². The summed E-state index contributed by atoms with van der Waals surface area (Å²) in [4.78, 5) is 12.3. The lowest BCUT2D eigenvalue weighted by Crippen LogP contribution is -2.31. The molecule has 1 aromatic heterocycles. The number of nitrogens with one attached hydrogen (secondary N) is 2. The van der Waals surface area contributed by atoms with E-state index in [0.717, 1.165) is 16.9 Å². The molecule has 28 heavy (non-hydrogen) atoms. The average molecular weight is 398 g/mol. The minimum Gasteiger partial charge on any atom is -0.497 e. The van der Waals surface area contributed by atoms with Crippen LogP contribution in [0.15, 0.2) is 48.5 Å². The zero-order valence-electron chi connectivity index (χ0n) is 15.8. The zero-order chi connectivity index (χ0) is 19.9. The van der Waals surface area contributed by atoms with E-state index in [4.69, 9.17) is 21.7 Å². The van der Waals surface area contributed by atoms with Gasteiger partial charge in [0, 0.05) is 5.56 Å². The van der Waals surface area contributed by atoms with Crippen molar-refractivity contribution in [1.82, 2.24) is 20.1 Å². The molecule has 146 valence electrons. The molecule has 0 saturated heterocycles. The maximum atomic E-state index is 12.3. The number of methoxy groups -OCH3 is 1. The van der Waals surface area contributed by atoms with Gasteiger partial charge in [-0.15, -0.1) is 0 Å². The second-order valence-electron chi connectivity index (χ2n) is 6.18. The number of H-pyrrole nitrogens is 1. The molecule has 0 aliphatic carbocycles. The maximum Gasteiger partial charge on any atom is 0.240 e. The van der Waals surface area contributed by atoms with E-state index in [2.05, 4.69) is 15.5 Å². The number of aryl methyl sites for hydroxylation is 1. The first-order chi connectivity index (χ1) is 13.6. The molecule has 2 aromatic carbocycles. The first-order valence-corrected chi connectivity index (χ1v) is 9.23. The number of carbonyl (C=O) groups is 1. The monoisotopic (exact) mass is 398 g/mol. The van der Waals surface area contributed by atoms with E-state index in [1.807, 2.05) is 55.5 Å². The standard InChI is InChI=1S/C20H22N4O3S/c1-14-3-5-15(6-4-14)19-22-23-20(28)24(19)13-18(25)21-11-12-27-17-9-7-16(26-2)8-10-17/h3-10H,11-13H2,1-2H3,(H,21,25)(H,23,28). The highest BCUT2D eigenvalue weighted by Crippen LogP contribution is 2.18. The van der Waals surface area contributed by atoms with Crippen molar-refractivity contribution in [1.29, 1.82) is 0 Å². The van der Waals surface area contributed by atoms with Crippen molar-refractivity contribution >= 4 is 18.1 Å². The number of hydrogen-bond acceptors (Lipinski definition) is 5. The number of ether oxygens (including phenoxy) is 2. The van der Waals surface area contributed by atoms with E-state index in [1.165, 1.54) is 0 Å². The van der Waals surface area contributed by atoms with Gasteiger partial charge in [0.1, 0.15) is 24.7 Å². The third-order valence-corrected chi connectivity index (χ3v) is 4.43. The minimum absolute atomic E-state index is 0.0844. The molecular weight excluding hydrogens is 376 g/mol. The number of carbonyl (C=O) groups excluding carboxylic acids is 1. The fourth-order valence-corrected chi connectivity index (χ4v) is 2.81. The third-order valence-electron chi connectivity index (χ3n) is 4.12. The van der Waals surface area contributed by atoms with E-state index in [9.17, 15) is 4.79 Å². The van der Waals surface area contributed by atoms with Gasteiger partial charge in [-0.25, -0.2) is 0 Å². The van der Waals surface area contributed by atoms with Gasteiger partial charge in [0.05, 0.1) is 13.7 Å². The summed E-state index contributed by atoms with van der Waals surface area (Å²) in [5, 5.41) is 9.84. The molecule has 0 unspecified atom stereocenters. The molecule has 0 atom stereocenters. The van der Waals surface area contributed by atoms with Crippen LogP contribution in [0.4, 0.5) is 0 Å². The van der Waals surface area contributed by atoms with Gasteiger partial charge in [0.25, 0.3) is 0 Å². The van der Waals surface area contributed by atoms with E-state index in [-0.39, 0.29) is 12.5 Å². The summed E-state index contributed by atoms with van der Waals surface area (Å²) in [6.45, 7) is 2.85. The topological polar surface area (TPSA) is 81.2 Å². The van der Waals surface area contributed by atoms with Gasteiger partial charge in [-0.2, -0.15) is 5.10 Å². The Morgan fingerprint density at radius 2 is 1.82 bits per heavy atom. The molecule has 0 radical (unpaired) electrons. The summed E-state index contributed by atoms with van der Waals surface area (Å²) in [6.07, 6.45) is 0. The first kappa shape index (κ1) is 19.6. The lowest BCUT2D eigenvalue weighted by Gasteiger charge is -2.10. The Labute approximate surface area is 168 Å². The van der Waals surface area contributed by atoms with Gasteiger partial charge in [-0.3, -0.25) is 14.5 Å². The van der Waals surface area contributed by atoms with Crippen LogP contribution in [0, 0.1) is 11.7 Å². The average Bonchev–Trinajstić information content (AvgIpc) is 3.06. The highest BCUT2D eigenvalue weighted by Gasteiger charge is 2.12. The van der Waals surface area contributed by atoms with E-state index < -0.39 is 0 Å². The van der Waals surface area contributed by atoms with Crippen LogP contribution in [0.25, 0.3) is 11.4 Å². The molecule has 0 bridgehead atoms. The van der Waals surface area contributed by atoms with Gasteiger partial charge in [-0.05, 0) is 43.4 Å².